The molecule has 0 aliphatic heterocycles. The molecular formula is C11H11F2NO2. The van der Waals surface area contributed by atoms with Gasteiger partial charge in [0, 0.05) is 17.7 Å². The third kappa shape index (κ3) is 2.36. The van der Waals surface area contributed by atoms with Crippen molar-refractivity contribution < 1.29 is 18.7 Å². The highest BCUT2D eigenvalue weighted by molar-refractivity contribution is 5.75. The summed E-state index contributed by atoms with van der Waals surface area (Å²) >= 11 is 0. The van der Waals surface area contributed by atoms with Crippen LogP contribution in [0.5, 0.6) is 0 Å². The maximum Gasteiger partial charge on any atom is 0.325 e. The van der Waals surface area contributed by atoms with Gasteiger partial charge in [0.1, 0.15) is 17.7 Å². The first kappa shape index (κ1) is 11.0. The van der Waals surface area contributed by atoms with Crippen molar-refractivity contribution in [3.63, 3.8) is 0 Å². The van der Waals surface area contributed by atoms with E-state index in [1.165, 1.54) is 6.07 Å². The molecule has 1 fully saturated rings. The number of carbonyl (C=O) groups is 1. The van der Waals surface area contributed by atoms with Crippen LogP contribution < -0.4 is 5.32 Å². The van der Waals surface area contributed by atoms with E-state index in [1.54, 1.807) is 0 Å². The summed E-state index contributed by atoms with van der Waals surface area (Å²) in [6.07, 6.45) is 1.79. The van der Waals surface area contributed by atoms with E-state index in [0.717, 1.165) is 18.9 Å². The molecule has 1 aromatic carbocycles. The van der Waals surface area contributed by atoms with Crippen LogP contribution >= 0.6 is 0 Å². The van der Waals surface area contributed by atoms with Crippen molar-refractivity contribution in [2.45, 2.75) is 24.9 Å². The van der Waals surface area contributed by atoms with Crippen LogP contribution in [-0.2, 0) is 4.79 Å². The fourth-order valence-electron chi connectivity index (χ4n) is 1.52. The van der Waals surface area contributed by atoms with E-state index in [2.05, 4.69) is 5.32 Å². The number of hydrogen-bond donors (Lipinski definition) is 2. The van der Waals surface area contributed by atoms with Crippen molar-refractivity contribution in [3.05, 3.63) is 35.4 Å². The van der Waals surface area contributed by atoms with Crippen molar-refractivity contribution in [3.8, 4) is 0 Å². The van der Waals surface area contributed by atoms with Gasteiger partial charge in [0.05, 0.1) is 0 Å². The average Bonchev–Trinajstić information content (AvgIpc) is 2.98. The summed E-state index contributed by atoms with van der Waals surface area (Å²) in [4.78, 5) is 11.0. The normalized spacial score (nSPS) is 17.1. The van der Waals surface area contributed by atoms with Gasteiger partial charge < -0.3 is 5.11 Å². The highest BCUT2D eigenvalue weighted by Gasteiger charge is 2.30. The molecule has 86 valence electrons. The number of benzene rings is 1. The molecule has 2 N–H and O–H groups in total. The maximum absolute atomic E-state index is 13.4. The summed E-state index contributed by atoms with van der Waals surface area (Å²) in [7, 11) is 0. The molecule has 5 heteroatoms. The summed E-state index contributed by atoms with van der Waals surface area (Å²) in [6.45, 7) is 0. The molecule has 0 saturated heterocycles. The monoisotopic (exact) mass is 227 g/mol. The van der Waals surface area contributed by atoms with Crippen LogP contribution in [0.4, 0.5) is 8.78 Å². The molecule has 16 heavy (non-hydrogen) atoms. The fourth-order valence-corrected chi connectivity index (χ4v) is 1.52. The molecule has 0 bridgehead atoms. The van der Waals surface area contributed by atoms with E-state index >= 15 is 0 Å². The number of hydrogen-bond acceptors (Lipinski definition) is 2. The van der Waals surface area contributed by atoms with Gasteiger partial charge in [-0.05, 0) is 18.9 Å². The Kier molecular flexibility index (Phi) is 2.87. The van der Waals surface area contributed by atoms with E-state index in [0.29, 0.717) is 6.07 Å². The second kappa shape index (κ2) is 4.17. The van der Waals surface area contributed by atoms with Gasteiger partial charge in [-0.15, -0.1) is 0 Å². The van der Waals surface area contributed by atoms with Gasteiger partial charge in [0.15, 0.2) is 0 Å². The minimum Gasteiger partial charge on any atom is -0.480 e. The first-order chi connectivity index (χ1) is 7.58. The quantitative estimate of drug-likeness (QED) is 0.825. The molecule has 1 aliphatic carbocycles. The summed E-state index contributed by atoms with van der Waals surface area (Å²) in [5.74, 6) is -2.70. The van der Waals surface area contributed by atoms with E-state index in [4.69, 9.17) is 5.11 Å². The fraction of sp³-hybridized carbons (Fsp3) is 0.364. The van der Waals surface area contributed by atoms with Crippen LogP contribution in [0.25, 0.3) is 0 Å². The van der Waals surface area contributed by atoms with Gasteiger partial charge >= 0.3 is 5.97 Å². The van der Waals surface area contributed by atoms with Crippen molar-refractivity contribution >= 4 is 5.97 Å². The summed E-state index contributed by atoms with van der Waals surface area (Å²) < 4.78 is 26.1. The molecule has 1 atom stereocenters. The Hall–Kier alpha value is -1.49. The first-order valence-electron chi connectivity index (χ1n) is 5.01. The highest BCUT2D eigenvalue weighted by Crippen LogP contribution is 2.26. The predicted octanol–water partition coefficient (Wildman–Crippen LogP) is 1.84. The summed E-state index contributed by atoms with van der Waals surface area (Å²) in [6, 6.07) is 1.94. The van der Waals surface area contributed by atoms with Crippen LogP contribution in [-0.4, -0.2) is 17.1 Å². The van der Waals surface area contributed by atoms with Crippen molar-refractivity contribution in [2.24, 2.45) is 0 Å². The topological polar surface area (TPSA) is 49.3 Å². The zero-order chi connectivity index (χ0) is 11.7. The molecule has 1 aromatic rings. The Labute approximate surface area is 91.1 Å². The zero-order valence-corrected chi connectivity index (χ0v) is 8.41. The molecule has 0 heterocycles. The molecule has 3 nitrogen and oxygen atoms in total. The van der Waals surface area contributed by atoms with Crippen molar-refractivity contribution in [2.75, 3.05) is 0 Å². The van der Waals surface area contributed by atoms with Crippen molar-refractivity contribution in [1.29, 1.82) is 0 Å². The van der Waals surface area contributed by atoms with Gasteiger partial charge in [0.25, 0.3) is 0 Å². The second-order valence-corrected chi connectivity index (χ2v) is 3.88. The lowest BCUT2D eigenvalue weighted by Crippen LogP contribution is -2.30. The molecule has 0 spiro atoms. The Morgan fingerprint density at radius 1 is 1.44 bits per heavy atom. The van der Waals surface area contributed by atoms with Gasteiger partial charge in [0.2, 0.25) is 0 Å². The Morgan fingerprint density at radius 2 is 2.12 bits per heavy atom. The lowest BCUT2D eigenvalue weighted by Gasteiger charge is -2.14. The molecule has 0 radical (unpaired) electrons. The Bertz CT molecular complexity index is 418. The van der Waals surface area contributed by atoms with Gasteiger partial charge in [-0.3, -0.25) is 10.1 Å². The summed E-state index contributed by atoms with van der Waals surface area (Å²) in [5.41, 5.74) is -0.0270. The third-order valence-corrected chi connectivity index (χ3v) is 2.50. The maximum atomic E-state index is 13.4. The molecule has 2 rings (SSSR count). The first-order valence-corrected chi connectivity index (χ1v) is 5.01. The smallest absolute Gasteiger partial charge is 0.325 e. The average molecular weight is 227 g/mol. The minimum atomic E-state index is -1.16. The number of halogens is 2. The number of aliphatic carboxylic acids is 1. The Balaban J connectivity index is 2.26. The zero-order valence-electron chi connectivity index (χ0n) is 8.41. The lowest BCUT2D eigenvalue weighted by molar-refractivity contribution is -0.139. The highest BCUT2D eigenvalue weighted by atomic mass is 19.1. The van der Waals surface area contributed by atoms with Crippen LogP contribution in [0.15, 0.2) is 18.2 Å². The Morgan fingerprint density at radius 3 is 2.62 bits per heavy atom. The molecular weight excluding hydrogens is 216 g/mol. The van der Waals surface area contributed by atoms with E-state index < -0.39 is 23.6 Å². The van der Waals surface area contributed by atoms with Crippen LogP contribution in [0.2, 0.25) is 0 Å². The lowest BCUT2D eigenvalue weighted by atomic mass is 10.1. The molecule has 0 aromatic heterocycles. The van der Waals surface area contributed by atoms with Crippen LogP contribution in [0.3, 0.4) is 0 Å². The van der Waals surface area contributed by atoms with Gasteiger partial charge in [-0.2, -0.15) is 0 Å². The standard InChI is InChI=1S/C11H11F2NO2/c12-6-1-4-8(9(13)5-6)10(11(15)16)14-7-2-3-7/h1,4-5,7,10,14H,2-3H2,(H,15,16). The summed E-state index contributed by atoms with van der Waals surface area (Å²) in [5, 5.41) is 11.8. The molecule has 1 saturated carbocycles. The molecule has 1 unspecified atom stereocenters. The van der Waals surface area contributed by atoms with Gasteiger partial charge in [-0.25, -0.2) is 8.78 Å². The van der Waals surface area contributed by atoms with Crippen LogP contribution in [0, 0.1) is 11.6 Å². The van der Waals surface area contributed by atoms with E-state index in [9.17, 15) is 13.6 Å². The van der Waals surface area contributed by atoms with Gasteiger partial charge in [-0.1, -0.05) is 6.07 Å². The number of carboxylic acid groups (broad SMARTS) is 1. The number of carboxylic acids is 1. The minimum absolute atomic E-state index is 0.0270. The predicted molar refractivity (Wildman–Crippen MR) is 52.9 cm³/mol. The number of nitrogens with one attached hydrogen (secondary N) is 1. The van der Waals surface area contributed by atoms with E-state index in [1.807, 2.05) is 0 Å². The third-order valence-electron chi connectivity index (χ3n) is 2.50. The largest absolute Gasteiger partial charge is 0.480 e. The second-order valence-electron chi connectivity index (χ2n) is 3.88. The SMILES string of the molecule is O=C(O)C(NC1CC1)c1ccc(F)cc1F. The molecule has 1 aliphatic rings. The van der Waals surface area contributed by atoms with Crippen LogP contribution in [0.1, 0.15) is 24.4 Å². The van der Waals surface area contributed by atoms with Crippen molar-refractivity contribution in [1.82, 2.24) is 5.32 Å². The number of rotatable bonds is 4. The van der Waals surface area contributed by atoms with E-state index in [-0.39, 0.29) is 11.6 Å². The molecule has 0 amide bonds.